The summed E-state index contributed by atoms with van der Waals surface area (Å²) in [7, 11) is 0. The quantitative estimate of drug-likeness (QED) is 0.479. The Morgan fingerprint density at radius 2 is 2.03 bits per heavy atom. The number of pyridine rings is 1. The molecule has 0 aromatic carbocycles. The van der Waals surface area contributed by atoms with Crippen molar-refractivity contribution in [1.82, 2.24) is 25.6 Å². The Hall–Kier alpha value is -3.08. The predicted molar refractivity (Wildman–Crippen MR) is 135 cm³/mol. The fourth-order valence-electron chi connectivity index (χ4n) is 4.14. The van der Waals surface area contributed by atoms with Crippen LogP contribution in [0.5, 0.6) is 0 Å². The van der Waals surface area contributed by atoms with Crippen LogP contribution in [0.2, 0.25) is 0 Å². The highest BCUT2D eigenvalue weighted by Crippen LogP contribution is 2.27. The fraction of sp³-hybridized carbons (Fsp3) is 0.292. The molecule has 2 aliphatic heterocycles. The molecule has 174 valence electrons. The van der Waals surface area contributed by atoms with Gasteiger partial charge >= 0.3 is 0 Å². The van der Waals surface area contributed by atoms with Gasteiger partial charge in [-0.2, -0.15) is 11.3 Å². The van der Waals surface area contributed by atoms with Gasteiger partial charge in [-0.1, -0.05) is 6.07 Å². The Labute approximate surface area is 205 Å². The van der Waals surface area contributed by atoms with Gasteiger partial charge in [-0.3, -0.25) is 19.9 Å². The zero-order valence-corrected chi connectivity index (χ0v) is 20.1. The molecule has 0 aliphatic carbocycles. The zero-order chi connectivity index (χ0) is 23.3. The van der Waals surface area contributed by atoms with Crippen molar-refractivity contribution < 1.29 is 9.59 Å². The minimum Gasteiger partial charge on any atom is -0.341 e. The number of piperidine rings is 1. The van der Waals surface area contributed by atoms with Gasteiger partial charge in [-0.25, -0.2) is 9.97 Å². The first-order valence-corrected chi connectivity index (χ1v) is 12.9. The fourth-order valence-corrected chi connectivity index (χ4v) is 5.46. The monoisotopic (exact) mass is 492 g/mol. The van der Waals surface area contributed by atoms with Gasteiger partial charge in [0.2, 0.25) is 5.95 Å². The first-order chi connectivity index (χ1) is 16.7. The van der Waals surface area contributed by atoms with E-state index in [1.165, 1.54) is 11.1 Å². The number of rotatable bonds is 7. The molecule has 2 aliphatic rings. The molecule has 3 aromatic rings. The molecular weight excluding hydrogens is 468 g/mol. The summed E-state index contributed by atoms with van der Waals surface area (Å²) in [4.78, 5) is 39.3. The number of thiophene rings is 1. The molecule has 0 radical (unpaired) electrons. The molecule has 2 amide bonds. The number of carbonyl (C=O) groups is 2. The van der Waals surface area contributed by atoms with E-state index >= 15 is 0 Å². The summed E-state index contributed by atoms with van der Waals surface area (Å²) in [5, 5.41) is 9.76. The van der Waals surface area contributed by atoms with Crippen LogP contribution >= 0.6 is 23.1 Å². The summed E-state index contributed by atoms with van der Waals surface area (Å²) in [5.41, 5.74) is 4.11. The summed E-state index contributed by atoms with van der Waals surface area (Å²) in [5.74, 6) is 0.862. The topological polar surface area (TPSA) is 100 Å². The van der Waals surface area contributed by atoms with Gasteiger partial charge < -0.3 is 10.2 Å². The Morgan fingerprint density at radius 1 is 1.15 bits per heavy atom. The van der Waals surface area contributed by atoms with Gasteiger partial charge in [0, 0.05) is 37.6 Å². The maximum absolute atomic E-state index is 11.8. The number of hydrogen-bond donors (Lipinski definition) is 2. The minimum absolute atomic E-state index is 0.355. The molecule has 0 unspecified atom stereocenters. The van der Waals surface area contributed by atoms with Crippen LogP contribution in [0.25, 0.3) is 17.2 Å². The van der Waals surface area contributed by atoms with Crippen LogP contribution in [0, 0.1) is 5.92 Å². The molecule has 5 heterocycles. The number of nitrogens with zero attached hydrogens (tertiary/aromatic N) is 4. The SMILES string of the molecule is O=C1NC(=O)C(=Cc2ccnc(N3CCC(CNCc4ncccc4-c4ccsc4)CC3)n2)S1. The Balaban J connectivity index is 1.13. The van der Waals surface area contributed by atoms with E-state index in [2.05, 4.69) is 53.4 Å². The molecule has 34 heavy (non-hydrogen) atoms. The van der Waals surface area contributed by atoms with Crippen molar-refractivity contribution in [2.24, 2.45) is 5.92 Å². The minimum atomic E-state index is -0.378. The molecular formula is C24H24N6O2S2. The zero-order valence-electron chi connectivity index (χ0n) is 18.4. The van der Waals surface area contributed by atoms with Crippen molar-refractivity contribution in [2.45, 2.75) is 19.4 Å². The summed E-state index contributed by atoms with van der Waals surface area (Å²) in [6, 6.07) is 7.99. The lowest BCUT2D eigenvalue weighted by molar-refractivity contribution is -0.115. The van der Waals surface area contributed by atoms with Crippen molar-refractivity contribution in [2.75, 3.05) is 24.5 Å². The molecule has 0 atom stereocenters. The second kappa shape index (κ2) is 10.5. The van der Waals surface area contributed by atoms with Crippen LogP contribution in [0.1, 0.15) is 24.2 Å². The van der Waals surface area contributed by atoms with Crippen molar-refractivity contribution >= 4 is 46.3 Å². The van der Waals surface area contributed by atoms with E-state index in [0.29, 0.717) is 22.5 Å². The highest BCUT2D eigenvalue weighted by atomic mass is 32.2. The van der Waals surface area contributed by atoms with Crippen molar-refractivity contribution in [3.63, 3.8) is 0 Å². The normalized spacial score (nSPS) is 18.0. The van der Waals surface area contributed by atoms with E-state index in [1.54, 1.807) is 29.7 Å². The molecule has 2 fully saturated rings. The number of thioether (sulfide) groups is 1. The Morgan fingerprint density at radius 3 is 2.79 bits per heavy atom. The van der Waals surface area contributed by atoms with Gasteiger partial charge in [-0.05, 0) is 77.7 Å². The van der Waals surface area contributed by atoms with E-state index < -0.39 is 0 Å². The number of amides is 2. The molecule has 8 nitrogen and oxygen atoms in total. The standard InChI is InChI=1S/C24H24N6O2S2/c31-22-21(34-24(32)29-22)12-18-3-8-27-23(28-18)30-9-4-16(5-10-30)13-25-14-20-19(2-1-7-26-20)17-6-11-33-15-17/h1-3,6-8,11-12,15-16,25H,4-5,9-10,13-14H2,(H,29,31,32). The van der Waals surface area contributed by atoms with Gasteiger partial charge in [0.25, 0.3) is 11.1 Å². The average Bonchev–Trinajstić information content (AvgIpc) is 3.50. The van der Waals surface area contributed by atoms with Crippen LogP contribution in [0.15, 0.2) is 52.3 Å². The highest BCUT2D eigenvalue weighted by molar-refractivity contribution is 8.18. The predicted octanol–water partition coefficient (Wildman–Crippen LogP) is 3.93. The third kappa shape index (κ3) is 5.35. The second-order valence-electron chi connectivity index (χ2n) is 8.20. The maximum Gasteiger partial charge on any atom is 0.290 e. The largest absolute Gasteiger partial charge is 0.341 e. The third-order valence-electron chi connectivity index (χ3n) is 5.93. The Kier molecular flexibility index (Phi) is 6.98. The molecule has 2 saturated heterocycles. The van der Waals surface area contributed by atoms with E-state index in [-0.39, 0.29) is 11.1 Å². The number of hydrogen-bond acceptors (Lipinski definition) is 9. The van der Waals surface area contributed by atoms with Crippen molar-refractivity contribution in [1.29, 1.82) is 0 Å². The number of anilines is 1. The molecule has 2 N–H and O–H groups in total. The second-order valence-corrected chi connectivity index (χ2v) is 10.00. The van der Waals surface area contributed by atoms with Crippen LogP contribution in [0.3, 0.4) is 0 Å². The lowest BCUT2D eigenvalue weighted by Gasteiger charge is -2.32. The van der Waals surface area contributed by atoms with Crippen molar-refractivity contribution in [3.8, 4) is 11.1 Å². The summed E-state index contributed by atoms with van der Waals surface area (Å²) in [6.07, 6.45) is 7.28. The summed E-state index contributed by atoms with van der Waals surface area (Å²) >= 11 is 2.59. The lowest BCUT2D eigenvalue weighted by atomic mass is 9.97. The first kappa shape index (κ1) is 22.7. The van der Waals surface area contributed by atoms with Gasteiger partial charge in [0.1, 0.15) is 0 Å². The number of aromatic nitrogens is 3. The number of imide groups is 1. The Bertz CT molecular complexity index is 1210. The summed E-state index contributed by atoms with van der Waals surface area (Å²) < 4.78 is 0. The molecule has 0 bridgehead atoms. The highest BCUT2D eigenvalue weighted by Gasteiger charge is 2.25. The number of nitrogens with one attached hydrogen (secondary N) is 2. The van der Waals surface area contributed by atoms with E-state index in [9.17, 15) is 9.59 Å². The van der Waals surface area contributed by atoms with E-state index in [4.69, 9.17) is 0 Å². The number of carbonyl (C=O) groups excluding carboxylic acids is 2. The van der Waals surface area contributed by atoms with Gasteiger partial charge in [0.05, 0.1) is 16.3 Å². The molecule has 0 spiro atoms. The van der Waals surface area contributed by atoms with Crippen molar-refractivity contribution in [3.05, 3.63) is 63.7 Å². The third-order valence-corrected chi connectivity index (χ3v) is 7.42. The van der Waals surface area contributed by atoms with Crippen LogP contribution < -0.4 is 15.5 Å². The molecule has 10 heteroatoms. The van der Waals surface area contributed by atoms with Crippen LogP contribution in [0.4, 0.5) is 10.7 Å². The molecule has 0 saturated carbocycles. The molecule has 3 aromatic heterocycles. The van der Waals surface area contributed by atoms with Crippen LogP contribution in [-0.4, -0.2) is 45.7 Å². The first-order valence-electron chi connectivity index (χ1n) is 11.2. The van der Waals surface area contributed by atoms with Crippen LogP contribution in [-0.2, 0) is 11.3 Å². The lowest BCUT2D eigenvalue weighted by Crippen LogP contribution is -2.38. The maximum atomic E-state index is 11.8. The van der Waals surface area contributed by atoms with Gasteiger partial charge in [-0.15, -0.1) is 0 Å². The van der Waals surface area contributed by atoms with E-state index in [1.807, 2.05) is 12.3 Å². The average molecular weight is 493 g/mol. The molecule has 5 rings (SSSR count). The summed E-state index contributed by atoms with van der Waals surface area (Å²) in [6.45, 7) is 3.45. The smallest absolute Gasteiger partial charge is 0.290 e. The van der Waals surface area contributed by atoms with E-state index in [0.717, 1.165) is 56.5 Å². The van der Waals surface area contributed by atoms with Gasteiger partial charge in [0.15, 0.2) is 0 Å².